The molecular formula is C18H35N3. The topological polar surface area (TPSA) is 54.7 Å². The minimum atomic E-state index is 0.541. The van der Waals surface area contributed by atoms with Gasteiger partial charge in [-0.1, -0.05) is 84.0 Å². The number of aromatic amines is 1. The summed E-state index contributed by atoms with van der Waals surface area (Å²) < 4.78 is 0. The van der Waals surface area contributed by atoms with Crippen LogP contribution in [0.25, 0.3) is 0 Å². The molecule has 1 heterocycles. The second kappa shape index (κ2) is 12.7. The van der Waals surface area contributed by atoms with Gasteiger partial charge in [-0.3, -0.25) is 0 Å². The first-order valence-electron chi connectivity index (χ1n) is 9.12. The number of unbranched alkanes of at least 4 members (excludes halogenated alkanes) is 12. The molecule has 0 fully saturated rings. The van der Waals surface area contributed by atoms with Crippen LogP contribution in [-0.4, -0.2) is 9.97 Å². The van der Waals surface area contributed by atoms with Crippen molar-refractivity contribution in [3.05, 3.63) is 11.9 Å². The first kappa shape index (κ1) is 18.1. The number of hydrogen-bond donors (Lipinski definition) is 2. The lowest BCUT2D eigenvalue weighted by atomic mass is 10.0. The smallest absolute Gasteiger partial charge is 0.197 e. The highest BCUT2D eigenvalue weighted by atomic mass is 15.0. The first-order valence-corrected chi connectivity index (χ1v) is 9.12. The van der Waals surface area contributed by atoms with Crippen molar-refractivity contribution in [1.29, 1.82) is 0 Å². The molecule has 0 aliphatic carbocycles. The van der Waals surface area contributed by atoms with Crippen molar-refractivity contribution < 1.29 is 0 Å². The molecule has 3 heteroatoms. The fraction of sp³-hybridized carbons (Fsp3) is 0.833. The highest BCUT2D eigenvalue weighted by Gasteiger charge is 1.97. The Morgan fingerprint density at radius 3 is 1.71 bits per heavy atom. The maximum atomic E-state index is 5.56. The van der Waals surface area contributed by atoms with Crippen molar-refractivity contribution in [3.8, 4) is 0 Å². The summed E-state index contributed by atoms with van der Waals surface area (Å²) in [6.07, 6.45) is 21.2. The molecule has 0 aromatic carbocycles. The van der Waals surface area contributed by atoms with Crippen molar-refractivity contribution in [2.24, 2.45) is 0 Å². The summed E-state index contributed by atoms with van der Waals surface area (Å²) in [6, 6.07) is 0. The average molecular weight is 293 g/mol. The van der Waals surface area contributed by atoms with Crippen molar-refractivity contribution in [3.63, 3.8) is 0 Å². The van der Waals surface area contributed by atoms with E-state index in [0.29, 0.717) is 5.95 Å². The number of hydrogen-bond acceptors (Lipinski definition) is 2. The normalized spacial score (nSPS) is 11.1. The Kier molecular flexibility index (Phi) is 10.9. The fourth-order valence-electron chi connectivity index (χ4n) is 2.84. The molecule has 0 radical (unpaired) electrons. The van der Waals surface area contributed by atoms with Crippen LogP contribution in [0.2, 0.25) is 0 Å². The van der Waals surface area contributed by atoms with Crippen molar-refractivity contribution in [2.75, 3.05) is 5.73 Å². The van der Waals surface area contributed by atoms with E-state index in [4.69, 9.17) is 5.73 Å². The van der Waals surface area contributed by atoms with Crippen LogP contribution >= 0.6 is 0 Å². The van der Waals surface area contributed by atoms with Gasteiger partial charge >= 0.3 is 0 Å². The summed E-state index contributed by atoms with van der Waals surface area (Å²) in [5.41, 5.74) is 6.73. The Morgan fingerprint density at radius 1 is 0.810 bits per heavy atom. The molecular weight excluding hydrogens is 258 g/mol. The maximum Gasteiger partial charge on any atom is 0.197 e. The van der Waals surface area contributed by atoms with Gasteiger partial charge in [0.15, 0.2) is 5.95 Å². The number of nitrogens with one attached hydrogen (secondary N) is 1. The van der Waals surface area contributed by atoms with Crippen LogP contribution in [0.4, 0.5) is 5.95 Å². The third-order valence-corrected chi connectivity index (χ3v) is 4.20. The molecule has 1 aromatic rings. The Balaban J connectivity index is 1.74. The number of anilines is 1. The van der Waals surface area contributed by atoms with Crippen LogP contribution in [0.1, 0.15) is 96.1 Å². The van der Waals surface area contributed by atoms with Gasteiger partial charge < -0.3 is 10.7 Å². The van der Waals surface area contributed by atoms with Gasteiger partial charge in [0.1, 0.15) is 0 Å². The highest BCUT2D eigenvalue weighted by Crippen LogP contribution is 2.13. The van der Waals surface area contributed by atoms with E-state index in [-0.39, 0.29) is 0 Å². The van der Waals surface area contributed by atoms with Crippen molar-refractivity contribution in [2.45, 2.75) is 96.8 Å². The molecule has 0 amide bonds. The summed E-state index contributed by atoms with van der Waals surface area (Å²) in [5.74, 6) is 0.541. The van der Waals surface area contributed by atoms with Crippen LogP contribution < -0.4 is 5.73 Å². The average Bonchev–Trinajstić information content (AvgIpc) is 2.89. The summed E-state index contributed by atoms with van der Waals surface area (Å²) in [6.45, 7) is 2.28. The second-order valence-corrected chi connectivity index (χ2v) is 6.29. The quantitative estimate of drug-likeness (QED) is 0.437. The Bertz CT molecular complexity index is 333. The molecule has 0 aliphatic rings. The molecule has 0 saturated heterocycles. The molecule has 1 rings (SSSR count). The summed E-state index contributed by atoms with van der Waals surface area (Å²) in [4.78, 5) is 7.11. The van der Waals surface area contributed by atoms with Crippen molar-refractivity contribution in [1.82, 2.24) is 9.97 Å². The number of aryl methyl sites for hydroxylation is 1. The minimum absolute atomic E-state index is 0.541. The summed E-state index contributed by atoms with van der Waals surface area (Å²) in [7, 11) is 0. The highest BCUT2D eigenvalue weighted by molar-refractivity contribution is 5.18. The number of nitrogens with zero attached hydrogens (tertiary/aromatic N) is 1. The third-order valence-electron chi connectivity index (χ3n) is 4.20. The molecule has 122 valence electrons. The van der Waals surface area contributed by atoms with Crippen LogP contribution in [-0.2, 0) is 6.42 Å². The predicted octanol–water partition coefficient (Wildman–Crippen LogP) is 5.63. The van der Waals surface area contributed by atoms with E-state index in [1.54, 1.807) is 0 Å². The van der Waals surface area contributed by atoms with E-state index in [1.165, 1.54) is 89.2 Å². The summed E-state index contributed by atoms with van der Waals surface area (Å²) in [5, 5.41) is 0. The van der Waals surface area contributed by atoms with Gasteiger partial charge in [0.2, 0.25) is 0 Å². The number of nitrogen functional groups attached to an aromatic ring is 1. The zero-order chi connectivity index (χ0) is 15.2. The molecule has 0 bridgehead atoms. The number of nitrogens with two attached hydrogens (primary N) is 1. The van der Waals surface area contributed by atoms with Gasteiger partial charge in [0, 0.05) is 5.69 Å². The Morgan fingerprint density at radius 2 is 1.29 bits per heavy atom. The van der Waals surface area contributed by atoms with Crippen molar-refractivity contribution >= 4 is 5.95 Å². The molecule has 0 saturated carbocycles. The van der Waals surface area contributed by atoms with Crippen LogP contribution in [0, 0.1) is 0 Å². The van der Waals surface area contributed by atoms with E-state index in [0.717, 1.165) is 6.42 Å². The predicted molar refractivity (Wildman–Crippen MR) is 92.4 cm³/mol. The van der Waals surface area contributed by atoms with E-state index in [2.05, 4.69) is 16.9 Å². The number of imidazole rings is 1. The second-order valence-electron chi connectivity index (χ2n) is 6.29. The van der Waals surface area contributed by atoms with Gasteiger partial charge in [-0.2, -0.15) is 0 Å². The molecule has 3 nitrogen and oxygen atoms in total. The van der Waals surface area contributed by atoms with E-state index in [1.807, 2.05) is 6.20 Å². The third kappa shape index (κ3) is 10.4. The van der Waals surface area contributed by atoms with Crippen LogP contribution in [0.5, 0.6) is 0 Å². The maximum absolute atomic E-state index is 5.56. The van der Waals surface area contributed by atoms with Crippen LogP contribution in [0.3, 0.4) is 0 Å². The lowest BCUT2D eigenvalue weighted by molar-refractivity contribution is 0.539. The first-order chi connectivity index (χ1) is 10.3. The molecule has 3 N–H and O–H groups in total. The number of rotatable bonds is 14. The molecule has 0 aliphatic heterocycles. The minimum Gasteiger partial charge on any atom is -0.369 e. The SMILES string of the molecule is CCCCCCCCCCCCCCCc1cnc(N)[nH]1. The molecule has 0 spiro atoms. The monoisotopic (exact) mass is 293 g/mol. The van der Waals surface area contributed by atoms with Crippen LogP contribution in [0.15, 0.2) is 6.20 Å². The molecule has 21 heavy (non-hydrogen) atoms. The lowest BCUT2D eigenvalue weighted by Crippen LogP contribution is -1.89. The van der Waals surface area contributed by atoms with E-state index >= 15 is 0 Å². The Hall–Kier alpha value is -0.990. The zero-order valence-corrected chi connectivity index (χ0v) is 14.0. The van der Waals surface area contributed by atoms with Gasteiger partial charge in [-0.05, 0) is 12.8 Å². The van der Waals surface area contributed by atoms with E-state index in [9.17, 15) is 0 Å². The van der Waals surface area contributed by atoms with E-state index < -0.39 is 0 Å². The summed E-state index contributed by atoms with van der Waals surface area (Å²) >= 11 is 0. The van der Waals surface area contributed by atoms with Gasteiger partial charge in [0.05, 0.1) is 6.20 Å². The largest absolute Gasteiger partial charge is 0.369 e. The van der Waals surface area contributed by atoms with Gasteiger partial charge in [-0.25, -0.2) is 4.98 Å². The van der Waals surface area contributed by atoms with Gasteiger partial charge in [-0.15, -0.1) is 0 Å². The van der Waals surface area contributed by atoms with Gasteiger partial charge in [0.25, 0.3) is 0 Å². The number of aromatic nitrogens is 2. The molecule has 1 aromatic heterocycles. The Labute approximate surface area is 131 Å². The molecule has 0 unspecified atom stereocenters. The standard InChI is InChI=1S/C18H35N3/c1-2-3-4-5-6-7-8-9-10-11-12-13-14-15-17-16-20-18(19)21-17/h16H,2-15H2,1H3,(H3,19,20,21). The number of H-pyrrole nitrogens is 1. The lowest BCUT2D eigenvalue weighted by Gasteiger charge is -2.02. The fourth-order valence-corrected chi connectivity index (χ4v) is 2.84. The zero-order valence-electron chi connectivity index (χ0n) is 14.0. The molecule has 0 atom stereocenters.